The number of ether oxygens (including phenoxy) is 2. The van der Waals surface area contributed by atoms with Crippen molar-refractivity contribution in [2.24, 2.45) is 23.7 Å². The Morgan fingerprint density at radius 3 is 2.61 bits per heavy atom. The van der Waals surface area contributed by atoms with Crippen molar-refractivity contribution < 1.29 is 19.1 Å². The Morgan fingerprint density at radius 2 is 1.86 bits per heavy atom. The molecule has 6 heteroatoms. The Kier molecular flexibility index (Phi) is 4.38. The zero-order chi connectivity index (χ0) is 19.3. The second kappa shape index (κ2) is 6.92. The van der Waals surface area contributed by atoms with Gasteiger partial charge >= 0.3 is 5.97 Å². The number of carbonyl (C=O) groups is 2. The molecule has 1 amide bonds. The third kappa shape index (κ3) is 2.91. The number of esters is 1. The molecule has 0 aromatic heterocycles. The summed E-state index contributed by atoms with van der Waals surface area (Å²) in [6.45, 7) is 0.495. The van der Waals surface area contributed by atoms with Crippen molar-refractivity contribution in [1.29, 1.82) is 0 Å². The molecule has 6 atom stereocenters. The number of fused-ring (bicyclic) bond motifs is 1. The van der Waals surface area contributed by atoms with Crippen molar-refractivity contribution >= 4 is 33.5 Å². The van der Waals surface area contributed by atoms with E-state index in [0.29, 0.717) is 12.3 Å². The van der Waals surface area contributed by atoms with Gasteiger partial charge in [0, 0.05) is 11.6 Å². The van der Waals surface area contributed by atoms with Crippen LogP contribution in [0.4, 0.5) is 5.69 Å². The van der Waals surface area contributed by atoms with Gasteiger partial charge in [-0.25, -0.2) is 0 Å². The van der Waals surface area contributed by atoms with E-state index < -0.39 is 0 Å². The summed E-state index contributed by atoms with van der Waals surface area (Å²) in [6, 6.07) is 17.3. The standard InChI is InChI=1S/C22H20BrNO4/c23-19-15-10-16-18(22(26)28-20(16)19)17(15)21(25)24-13-6-8-14(9-7-13)27-11-12-4-2-1-3-5-12/h1-9,15-20H,10-11H2,(H,24,25)/t15-,16+,17-,18-,19+,20-/m0/s1. The van der Waals surface area contributed by atoms with Gasteiger partial charge in [-0.2, -0.15) is 0 Å². The van der Waals surface area contributed by atoms with Gasteiger partial charge in [0.25, 0.3) is 0 Å². The zero-order valence-corrected chi connectivity index (χ0v) is 16.7. The van der Waals surface area contributed by atoms with E-state index in [-0.39, 0.29) is 46.5 Å². The number of hydrogen-bond acceptors (Lipinski definition) is 4. The second-order valence-corrected chi connectivity index (χ2v) is 8.81. The Morgan fingerprint density at radius 1 is 1.11 bits per heavy atom. The highest BCUT2D eigenvalue weighted by Gasteiger charge is 2.67. The van der Waals surface area contributed by atoms with Gasteiger partial charge < -0.3 is 14.8 Å². The van der Waals surface area contributed by atoms with Gasteiger partial charge in [0.15, 0.2) is 0 Å². The summed E-state index contributed by atoms with van der Waals surface area (Å²) in [5, 5.41) is 2.97. The maximum Gasteiger partial charge on any atom is 0.310 e. The highest BCUT2D eigenvalue weighted by molar-refractivity contribution is 9.09. The molecule has 3 fully saturated rings. The van der Waals surface area contributed by atoms with E-state index in [4.69, 9.17) is 9.47 Å². The largest absolute Gasteiger partial charge is 0.489 e. The first kappa shape index (κ1) is 17.7. The van der Waals surface area contributed by atoms with Crippen LogP contribution in [0.2, 0.25) is 0 Å². The number of rotatable bonds is 5. The number of benzene rings is 2. The molecule has 3 aliphatic rings. The molecule has 28 heavy (non-hydrogen) atoms. The molecule has 5 rings (SSSR count). The first-order chi connectivity index (χ1) is 13.6. The Balaban J connectivity index is 1.23. The third-order valence-corrected chi connectivity index (χ3v) is 7.40. The Bertz CT molecular complexity index is 901. The van der Waals surface area contributed by atoms with Crippen LogP contribution in [0.25, 0.3) is 0 Å². The number of anilines is 1. The lowest BCUT2D eigenvalue weighted by Crippen LogP contribution is -2.40. The molecule has 2 aromatic carbocycles. The molecule has 2 aromatic rings. The van der Waals surface area contributed by atoms with Gasteiger partial charge in [-0.3, -0.25) is 9.59 Å². The minimum absolute atomic E-state index is 0.0624. The van der Waals surface area contributed by atoms with Crippen LogP contribution in [0, 0.1) is 23.7 Å². The predicted octanol–water partition coefficient (Wildman–Crippen LogP) is 3.78. The van der Waals surface area contributed by atoms with Crippen molar-refractivity contribution in [3.63, 3.8) is 0 Å². The summed E-state index contributed by atoms with van der Waals surface area (Å²) >= 11 is 3.64. The fourth-order valence-electron chi connectivity index (χ4n) is 4.93. The molecular weight excluding hydrogens is 422 g/mol. The lowest BCUT2D eigenvalue weighted by atomic mass is 9.79. The van der Waals surface area contributed by atoms with E-state index >= 15 is 0 Å². The smallest absolute Gasteiger partial charge is 0.310 e. The number of hydrogen-bond donors (Lipinski definition) is 1. The van der Waals surface area contributed by atoms with Crippen LogP contribution in [0.5, 0.6) is 5.75 Å². The molecule has 0 radical (unpaired) electrons. The van der Waals surface area contributed by atoms with Gasteiger partial charge in [0.1, 0.15) is 18.5 Å². The average molecular weight is 442 g/mol. The van der Waals surface area contributed by atoms with Crippen LogP contribution >= 0.6 is 15.9 Å². The van der Waals surface area contributed by atoms with Crippen LogP contribution < -0.4 is 10.1 Å². The minimum atomic E-state index is -0.324. The summed E-state index contributed by atoms with van der Waals surface area (Å²) < 4.78 is 11.3. The molecule has 2 saturated carbocycles. The molecule has 1 aliphatic heterocycles. The SMILES string of the molecule is O=C(Nc1ccc(OCc2ccccc2)cc1)[C@H]1[C@@H]2C[C@H]3[C@H](OC(=O)[C@@H]31)[C@@H]2Br. The van der Waals surface area contributed by atoms with Crippen molar-refractivity contribution in [3.8, 4) is 5.75 Å². The summed E-state index contributed by atoms with van der Waals surface area (Å²) in [5.41, 5.74) is 1.80. The molecular formula is C22H20BrNO4. The number of nitrogens with one attached hydrogen (secondary N) is 1. The van der Waals surface area contributed by atoms with E-state index in [1.807, 2.05) is 54.6 Å². The van der Waals surface area contributed by atoms with Gasteiger partial charge in [0.05, 0.1) is 16.7 Å². The van der Waals surface area contributed by atoms with Crippen LogP contribution in [-0.4, -0.2) is 22.8 Å². The van der Waals surface area contributed by atoms with Crippen LogP contribution in [0.3, 0.4) is 0 Å². The Hall–Kier alpha value is -2.34. The van der Waals surface area contributed by atoms with Crippen LogP contribution in [0.15, 0.2) is 54.6 Å². The monoisotopic (exact) mass is 441 g/mol. The number of halogens is 1. The van der Waals surface area contributed by atoms with E-state index in [1.165, 1.54) is 0 Å². The summed E-state index contributed by atoms with van der Waals surface area (Å²) in [7, 11) is 0. The normalized spacial score (nSPS) is 32.2. The molecule has 1 heterocycles. The summed E-state index contributed by atoms with van der Waals surface area (Å²) in [6.07, 6.45) is 0.814. The fourth-order valence-corrected chi connectivity index (χ4v) is 5.98. The van der Waals surface area contributed by atoms with Crippen LogP contribution in [-0.2, 0) is 20.9 Å². The van der Waals surface area contributed by atoms with E-state index in [1.54, 1.807) is 0 Å². The maximum absolute atomic E-state index is 12.9. The molecule has 0 spiro atoms. The fraction of sp³-hybridized carbons (Fsp3) is 0.364. The molecule has 1 N–H and O–H groups in total. The predicted molar refractivity (Wildman–Crippen MR) is 107 cm³/mol. The maximum atomic E-state index is 12.9. The van der Waals surface area contributed by atoms with Crippen molar-refractivity contribution in [1.82, 2.24) is 0 Å². The lowest BCUT2D eigenvalue weighted by molar-refractivity contribution is -0.145. The van der Waals surface area contributed by atoms with Gasteiger partial charge in [-0.05, 0) is 42.2 Å². The number of amides is 1. The quantitative estimate of drug-likeness (QED) is 0.566. The summed E-state index contributed by atoms with van der Waals surface area (Å²) in [4.78, 5) is 25.2. The van der Waals surface area contributed by atoms with Gasteiger partial charge in [-0.15, -0.1) is 0 Å². The molecule has 2 aliphatic carbocycles. The van der Waals surface area contributed by atoms with Crippen molar-refractivity contribution in [3.05, 3.63) is 60.2 Å². The first-order valence-corrected chi connectivity index (χ1v) is 10.5. The lowest BCUT2D eigenvalue weighted by Gasteiger charge is -2.27. The number of carbonyl (C=O) groups excluding carboxylic acids is 2. The minimum Gasteiger partial charge on any atom is -0.489 e. The molecule has 1 saturated heterocycles. The van der Waals surface area contributed by atoms with E-state index in [0.717, 1.165) is 17.7 Å². The third-order valence-electron chi connectivity index (χ3n) is 6.20. The highest BCUT2D eigenvalue weighted by atomic mass is 79.9. The second-order valence-electron chi connectivity index (χ2n) is 7.75. The number of alkyl halides is 1. The van der Waals surface area contributed by atoms with Gasteiger partial charge in [-0.1, -0.05) is 46.3 Å². The average Bonchev–Trinajstić information content (AvgIpc) is 3.32. The van der Waals surface area contributed by atoms with Gasteiger partial charge in [0.2, 0.25) is 5.91 Å². The molecule has 0 unspecified atom stereocenters. The highest BCUT2D eigenvalue weighted by Crippen LogP contribution is 2.60. The van der Waals surface area contributed by atoms with Crippen molar-refractivity contribution in [2.45, 2.75) is 24.0 Å². The molecule has 5 nitrogen and oxygen atoms in total. The summed E-state index contributed by atoms with van der Waals surface area (Å²) in [5.74, 6) is 0.129. The van der Waals surface area contributed by atoms with E-state index in [9.17, 15) is 9.59 Å². The van der Waals surface area contributed by atoms with Crippen molar-refractivity contribution in [2.75, 3.05) is 5.32 Å². The van der Waals surface area contributed by atoms with E-state index in [2.05, 4.69) is 21.2 Å². The van der Waals surface area contributed by atoms with Crippen LogP contribution in [0.1, 0.15) is 12.0 Å². The molecule has 144 valence electrons. The topological polar surface area (TPSA) is 64.6 Å². The Labute approximate surface area is 171 Å². The zero-order valence-electron chi connectivity index (χ0n) is 15.1. The molecule has 2 bridgehead atoms. The first-order valence-electron chi connectivity index (χ1n) is 9.54.